The van der Waals surface area contributed by atoms with Crippen LogP contribution in [0.3, 0.4) is 0 Å². The fraction of sp³-hybridized carbons (Fsp3) is 0.160. The quantitative estimate of drug-likeness (QED) is 0.312. The highest BCUT2D eigenvalue weighted by Crippen LogP contribution is 2.32. The summed E-state index contributed by atoms with van der Waals surface area (Å²) in [5, 5.41) is 6.81. The molecule has 1 aromatic carbocycles. The van der Waals surface area contributed by atoms with Crippen LogP contribution in [0.4, 0.5) is 17.2 Å². The zero-order valence-electron chi connectivity index (χ0n) is 19.6. The summed E-state index contributed by atoms with van der Waals surface area (Å²) in [5.41, 5.74) is 5.72. The van der Waals surface area contributed by atoms with Gasteiger partial charge in [-0.05, 0) is 48.9 Å². The van der Waals surface area contributed by atoms with Crippen molar-refractivity contribution in [3.05, 3.63) is 72.6 Å². The molecule has 4 N–H and O–H groups in total. The van der Waals surface area contributed by atoms with Crippen LogP contribution in [0.15, 0.2) is 61.2 Å². The molecule has 0 bridgehead atoms. The minimum absolute atomic E-state index is 0.582. The lowest BCUT2D eigenvalue weighted by Gasteiger charge is -2.14. The number of anilines is 3. The number of nitrogens with one attached hydrogen (secondary N) is 4. The van der Waals surface area contributed by atoms with E-state index in [0.29, 0.717) is 29.7 Å². The number of methoxy groups -OCH3 is 2. The molecule has 0 radical (unpaired) electrons. The number of imidazole rings is 1. The maximum Gasteiger partial charge on any atom is 0.365 e. The maximum atomic E-state index is 5.24. The molecule has 10 heteroatoms. The Hall–Kier alpha value is -4.73. The van der Waals surface area contributed by atoms with Gasteiger partial charge in [0.1, 0.15) is 34.3 Å². The first-order valence-electron chi connectivity index (χ1n) is 11.0. The van der Waals surface area contributed by atoms with Crippen LogP contribution in [0.5, 0.6) is 11.6 Å². The Bertz CT molecular complexity index is 1450. The first-order chi connectivity index (χ1) is 17.1. The van der Waals surface area contributed by atoms with Crippen LogP contribution in [0, 0.1) is 6.92 Å². The van der Waals surface area contributed by atoms with Gasteiger partial charge in [0.2, 0.25) is 0 Å². The minimum atomic E-state index is 0.582. The highest BCUT2D eigenvalue weighted by molar-refractivity contribution is 5.91. The number of aromatic nitrogens is 6. The van der Waals surface area contributed by atoms with Crippen molar-refractivity contribution < 1.29 is 14.5 Å². The van der Waals surface area contributed by atoms with Gasteiger partial charge < -0.3 is 25.1 Å². The molecule has 0 saturated heterocycles. The summed E-state index contributed by atoms with van der Waals surface area (Å²) in [7, 11) is 3.27. The molecular weight excluding hydrogens is 444 g/mol. The van der Waals surface area contributed by atoms with Gasteiger partial charge in [0.25, 0.3) is 0 Å². The summed E-state index contributed by atoms with van der Waals surface area (Å²) in [6.45, 7) is 2.44. The maximum absolute atomic E-state index is 5.24. The summed E-state index contributed by atoms with van der Waals surface area (Å²) >= 11 is 0. The van der Waals surface area contributed by atoms with E-state index in [0.717, 1.165) is 39.5 Å². The molecular formula is C25H25N8O2+. The van der Waals surface area contributed by atoms with Crippen LogP contribution in [-0.4, -0.2) is 39.1 Å². The van der Waals surface area contributed by atoms with Crippen molar-refractivity contribution in [2.75, 3.05) is 24.9 Å². The van der Waals surface area contributed by atoms with E-state index in [1.807, 2.05) is 55.7 Å². The van der Waals surface area contributed by atoms with E-state index in [-0.39, 0.29) is 0 Å². The van der Waals surface area contributed by atoms with Crippen molar-refractivity contribution in [2.24, 2.45) is 0 Å². The Labute approximate surface area is 201 Å². The molecule has 0 unspecified atom stereocenters. The van der Waals surface area contributed by atoms with Crippen molar-refractivity contribution in [1.82, 2.24) is 24.9 Å². The van der Waals surface area contributed by atoms with Gasteiger partial charge in [-0.1, -0.05) is 0 Å². The van der Waals surface area contributed by atoms with Crippen molar-refractivity contribution in [2.45, 2.75) is 13.5 Å². The van der Waals surface area contributed by atoms with Crippen molar-refractivity contribution in [1.29, 1.82) is 0 Å². The number of pyridine rings is 2. The predicted molar refractivity (Wildman–Crippen MR) is 133 cm³/mol. The molecule has 5 aromatic rings. The first kappa shape index (κ1) is 22.1. The van der Waals surface area contributed by atoms with E-state index in [4.69, 9.17) is 19.4 Å². The number of benzene rings is 1. The Morgan fingerprint density at radius 3 is 2.54 bits per heavy atom. The van der Waals surface area contributed by atoms with Gasteiger partial charge in [0.15, 0.2) is 11.8 Å². The largest absolute Gasteiger partial charge is 0.497 e. The van der Waals surface area contributed by atoms with E-state index < -0.39 is 0 Å². The van der Waals surface area contributed by atoms with Gasteiger partial charge in [-0.3, -0.25) is 0 Å². The molecule has 35 heavy (non-hydrogen) atoms. The van der Waals surface area contributed by atoms with E-state index in [1.54, 1.807) is 20.5 Å². The molecule has 10 nitrogen and oxygen atoms in total. The van der Waals surface area contributed by atoms with E-state index in [9.17, 15) is 0 Å². The number of ether oxygens (including phenoxy) is 2. The molecule has 0 aliphatic carbocycles. The van der Waals surface area contributed by atoms with Crippen LogP contribution >= 0.6 is 0 Å². The topological polar surface area (TPSA) is 124 Å². The third-order valence-corrected chi connectivity index (χ3v) is 5.45. The van der Waals surface area contributed by atoms with Crippen LogP contribution in [0.2, 0.25) is 0 Å². The van der Waals surface area contributed by atoms with Crippen LogP contribution in [-0.2, 0) is 6.54 Å². The molecule has 0 aliphatic rings. The standard InChI is InChI=1S/C25H24N8O2/c1-15-31-22(23-25(32-15)30-14-29-23)20-10-16(11-26-17-4-7-19(34-2)8-5-17)12-28-24(20)33-18-6-9-21(35-3)27-13-18/h4-10,12-14,26H,11H2,1-3H3,(H,28,33)(H,29,30,31,32)/p+1. The number of hydrogen-bond donors (Lipinski definition) is 3. The summed E-state index contributed by atoms with van der Waals surface area (Å²) < 4.78 is 10.5. The second-order valence-corrected chi connectivity index (χ2v) is 7.81. The summed E-state index contributed by atoms with van der Waals surface area (Å²) in [5.74, 6) is 2.76. The second kappa shape index (κ2) is 9.64. The number of rotatable bonds is 8. The summed E-state index contributed by atoms with van der Waals surface area (Å²) in [6.07, 6.45) is 5.28. The SMILES string of the molecule is COc1ccc(NCc2cnc(Nc3ccc(OC)[nH+]c3)c(-c3nc(C)nc4nc[nH]c34)c2)cc1. The van der Waals surface area contributed by atoms with Gasteiger partial charge in [-0.2, -0.15) is 4.98 Å². The number of H-pyrrole nitrogens is 2. The van der Waals surface area contributed by atoms with Crippen LogP contribution < -0.4 is 25.1 Å². The average molecular weight is 470 g/mol. The molecule has 4 heterocycles. The van der Waals surface area contributed by atoms with Crippen molar-refractivity contribution in [3.63, 3.8) is 0 Å². The number of fused-ring (bicyclic) bond motifs is 1. The van der Waals surface area contributed by atoms with Crippen LogP contribution in [0.1, 0.15) is 11.4 Å². The molecule has 0 aliphatic heterocycles. The van der Waals surface area contributed by atoms with Crippen molar-refractivity contribution >= 4 is 28.4 Å². The Morgan fingerprint density at radius 2 is 1.80 bits per heavy atom. The zero-order chi connectivity index (χ0) is 24.2. The number of aromatic amines is 2. The highest BCUT2D eigenvalue weighted by atomic mass is 16.5. The smallest absolute Gasteiger partial charge is 0.365 e. The molecule has 4 aromatic heterocycles. The van der Waals surface area contributed by atoms with E-state index >= 15 is 0 Å². The van der Waals surface area contributed by atoms with E-state index in [2.05, 4.69) is 36.6 Å². The van der Waals surface area contributed by atoms with Crippen LogP contribution in [0.25, 0.3) is 22.4 Å². The van der Waals surface area contributed by atoms with Gasteiger partial charge in [-0.15, -0.1) is 0 Å². The molecule has 0 amide bonds. The van der Waals surface area contributed by atoms with Gasteiger partial charge >= 0.3 is 5.88 Å². The zero-order valence-corrected chi connectivity index (χ0v) is 19.6. The summed E-state index contributed by atoms with van der Waals surface area (Å²) in [4.78, 5) is 24.5. The Kier molecular flexibility index (Phi) is 6.08. The fourth-order valence-electron chi connectivity index (χ4n) is 3.69. The summed E-state index contributed by atoms with van der Waals surface area (Å²) in [6, 6.07) is 13.6. The van der Waals surface area contributed by atoms with Gasteiger partial charge in [0, 0.05) is 24.0 Å². The molecule has 176 valence electrons. The number of hydrogen-bond acceptors (Lipinski definition) is 8. The van der Waals surface area contributed by atoms with Crippen molar-refractivity contribution in [3.8, 4) is 22.9 Å². The second-order valence-electron chi connectivity index (χ2n) is 7.81. The first-order valence-corrected chi connectivity index (χ1v) is 11.0. The lowest BCUT2D eigenvalue weighted by Crippen LogP contribution is -2.09. The molecule has 0 atom stereocenters. The minimum Gasteiger partial charge on any atom is -0.497 e. The molecule has 0 fully saturated rings. The lowest BCUT2D eigenvalue weighted by molar-refractivity contribution is -0.392. The predicted octanol–water partition coefficient (Wildman–Crippen LogP) is 3.91. The highest BCUT2D eigenvalue weighted by Gasteiger charge is 2.17. The third-order valence-electron chi connectivity index (χ3n) is 5.45. The van der Waals surface area contributed by atoms with Gasteiger partial charge in [0.05, 0.1) is 26.6 Å². The average Bonchev–Trinajstić information content (AvgIpc) is 3.37. The lowest BCUT2D eigenvalue weighted by atomic mass is 10.1. The number of nitrogens with zero attached hydrogens (tertiary/aromatic N) is 4. The van der Waals surface area contributed by atoms with Gasteiger partial charge in [-0.25, -0.2) is 19.9 Å². The third kappa shape index (κ3) is 4.81. The van der Waals surface area contributed by atoms with E-state index in [1.165, 1.54) is 0 Å². The monoisotopic (exact) mass is 469 g/mol. The Balaban J connectivity index is 1.51. The fourth-order valence-corrected chi connectivity index (χ4v) is 3.69. The Morgan fingerprint density at radius 1 is 0.971 bits per heavy atom. The molecule has 0 spiro atoms. The normalized spacial score (nSPS) is 10.8. The number of aryl methyl sites for hydroxylation is 1. The molecule has 5 rings (SSSR count). The molecule has 0 saturated carbocycles.